The molecule has 0 amide bonds. The fourth-order valence-electron chi connectivity index (χ4n) is 2.95. The summed E-state index contributed by atoms with van der Waals surface area (Å²) in [5.74, 6) is 0.986. The molecule has 0 saturated heterocycles. The molecular formula is C14H26N4. The lowest BCUT2D eigenvalue weighted by Gasteiger charge is -2.36. The quantitative estimate of drug-likeness (QED) is 0.816. The van der Waals surface area contributed by atoms with Gasteiger partial charge in [-0.25, -0.2) is 0 Å². The number of nitrogens with zero attached hydrogens (tertiary/aromatic N) is 2. The van der Waals surface area contributed by atoms with E-state index in [9.17, 15) is 0 Å². The van der Waals surface area contributed by atoms with Gasteiger partial charge in [0.25, 0.3) is 0 Å². The molecule has 1 aromatic rings. The summed E-state index contributed by atoms with van der Waals surface area (Å²) in [5.41, 5.74) is 6.38. The number of nitrogens with two attached hydrogens (primary N) is 1. The van der Waals surface area contributed by atoms with Gasteiger partial charge in [-0.15, -0.1) is 0 Å². The van der Waals surface area contributed by atoms with Gasteiger partial charge in [0.2, 0.25) is 0 Å². The van der Waals surface area contributed by atoms with Crippen molar-refractivity contribution in [1.82, 2.24) is 9.78 Å². The molecule has 1 heterocycles. The Morgan fingerprint density at radius 1 is 1.39 bits per heavy atom. The van der Waals surface area contributed by atoms with E-state index >= 15 is 0 Å². The minimum absolute atomic E-state index is 0.387. The first-order chi connectivity index (χ1) is 8.78. The van der Waals surface area contributed by atoms with Gasteiger partial charge < -0.3 is 11.1 Å². The number of hydrogen-bond acceptors (Lipinski definition) is 3. The minimum atomic E-state index is 0.387. The molecule has 102 valence electrons. The van der Waals surface area contributed by atoms with Crippen molar-refractivity contribution in [3.05, 3.63) is 12.3 Å². The fraction of sp³-hybridized carbons (Fsp3) is 0.786. The molecule has 1 aliphatic carbocycles. The van der Waals surface area contributed by atoms with E-state index in [1.54, 1.807) is 0 Å². The van der Waals surface area contributed by atoms with E-state index in [1.807, 2.05) is 16.9 Å². The third kappa shape index (κ3) is 3.25. The first-order valence-electron chi connectivity index (χ1n) is 7.25. The molecule has 0 atom stereocenters. The largest absolute Gasteiger partial charge is 0.369 e. The molecule has 0 bridgehead atoms. The molecule has 4 heteroatoms. The molecule has 4 nitrogen and oxygen atoms in total. The zero-order chi connectivity index (χ0) is 12.8. The number of aryl methyl sites for hydroxylation is 1. The average Bonchev–Trinajstić information content (AvgIpc) is 2.88. The van der Waals surface area contributed by atoms with Crippen LogP contribution in [0.3, 0.4) is 0 Å². The second kappa shape index (κ2) is 6.23. The van der Waals surface area contributed by atoms with Gasteiger partial charge in [-0.3, -0.25) is 4.68 Å². The Bertz CT molecular complexity index is 352. The lowest BCUT2D eigenvalue weighted by molar-refractivity contribution is 0.188. The van der Waals surface area contributed by atoms with Gasteiger partial charge in [-0.1, -0.05) is 19.3 Å². The van der Waals surface area contributed by atoms with Crippen LogP contribution in [0.4, 0.5) is 5.82 Å². The standard InChI is InChI=1S/C14H26N4/c1-2-18-11-6-13(17-18)16-10-9-14(12-15)7-4-3-5-8-14/h6,11H,2-5,7-10,12,15H2,1H3,(H,16,17). The monoisotopic (exact) mass is 250 g/mol. The first-order valence-corrected chi connectivity index (χ1v) is 7.25. The van der Waals surface area contributed by atoms with Gasteiger partial charge in [0.15, 0.2) is 0 Å². The molecule has 0 aromatic carbocycles. The summed E-state index contributed by atoms with van der Waals surface area (Å²) in [7, 11) is 0. The Morgan fingerprint density at radius 3 is 2.78 bits per heavy atom. The molecule has 1 aliphatic rings. The van der Waals surface area contributed by atoms with E-state index in [0.717, 1.165) is 25.5 Å². The Hall–Kier alpha value is -1.03. The predicted molar refractivity (Wildman–Crippen MR) is 75.6 cm³/mol. The van der Waals surface area contributed by atoms with Crippen LogP contribution in [0, 0.1) is 5.41 Å². The van der Waals surface area contributed by atoms with E-state index < -0.39 is 0 Å². The first kappa shape index (κ1) is 13.4. The molecule has 0 spiro atoms. The number of nitrogens with one attached hydrogen (secondary N) is 1. The molecule has 1 aromatic heterocycles. The smallest absolute Gasteiger partial charge is 0.147 e. The summed E-state index contributed by atoms with van der Waals surface area (Å²) >= 11 is 0. The van der Waals surface area contributed by atoms with Crippen LogP contribution in [0.5, 0.6) is 0 Å². The van der Waals surface area contributed by atoms with Gasteiger partial charge in [0, 0.05) is 25.4 Å². The van der Waals surface area contributed by atoms with E-state index in [4.69, 9.17) is 5.73 Å². The number of hydrogen-bond donors (Lipinski definition) is 2. The highest BCUT2D eigenvalue weighted by Gasteiger charge is 2.29. The van der Waals surface area contributed by atoms with E-state index in [-0.39, 0.29) is 0 Å². The molecule has 0 aliphatic heterocycles. The molecule has 1 fully saturated rings. The molecule has 18 heavy (non-hydrogen) atoms. The van der Waals surface area contributed by atoms with E-state index in [2.05, 4.69) is 17.3 Å². The molecule has 0 unspecified atom stereocenters. The highest BCUT2D eigenvalue weighted by atomic mass is 15.3. The maximum absolute atomic E-state index is 6.00. The highest BCUT2D eigenvalue weighted by molar-refractivity contribution is 5.31. The van der Waals surface area contributed by atoms with Crippen molar-refractivity contribution in [3.8, 4) is 0 Å². The Morgan fingerprint density at radius 2 is 2.17 bits per heavy atom. The Balaban J connectivity index is 1.79. The van der Waals surface area contributed by atoms with E-state index in [1.165, 1.54) is 38.5 Å². The predicted octanol–water partition coefficient (Wildman–Crippen LogP) is 2.61. The zero-order valence-corrected chi connectivity index (χ0v) is 11.5. The second-order valence-corrected chi connectivity index (χ2v) is 5.50. The third-order valence-electron chi connectivity index (χ3n) is 4.27. The molecule has 2 rings (SSSR count). The topological polar surface area (TPSA) is 55.9 Å². The summed E-state index contributed by atoms with van der Waals surface area (Å²) in [6.07, 6.45) is 9.87. The molecule has 1 saturated carbocycles. The van der Waals surface area contributed by atoms with Crippen LogP contribution >= 0.6 is 0 Å². The van der Waals surface area contributed by atoms with Crippen molar-refractivity contribution in [2.45, 2.75) is 52.0 Å². The van der Waals surface area contributed by atoms with Crippen LogP contribution in [0.25, 0.3) is 0 Å². The van der Waals surface area contributed by atoms with Crippen LogP contribution in [0.15, 0.2) is 12.3 Å². The van der Waals surface area contributed by atoms with Crippen molar-refractivity contribution < 1.29 is 0 Å². The number of rotatable bonds is 6. The summed E-state index contributed by atoms with van der Waals surface area (Å²) in [4.78, 5) is 0. The van der Waals surface area contributed by atoms with Crippen molar-refractivity contribution >= 4 is 5.82 Å². The van der Waals surface area contributed by atoms with Crippen molar-refractivity contribution in [3.63, 3.8) is 0 Å². The van der Waals surface area contributed by atoms with Crippen molar-refractivity contribution in [1.29, 1.82) is 0 Å². The molecule has 3 N–H and O–H groups in total. The third-order valence-corrected chi connectivity index (χ3v) is 4.27. The van der Waals surface area contributed by atoms with Crippen LogP contribution in [-0.4, -0.2) is 22.9 Å². The molecule has 0 radical (unpaired) electrons. The zero-order valence-electron chi connectivity index (χ0n) is 11.5. The normalized spacial score (nSPS) is 18.8. The maximum atomic E-state index is 6.00. The SMILES string of the molecule is CCn1ccc(NCCC2(CN)CCCCC2)n1. The number of aromatic nitrogens is 2. The van der Waals surface area contributed by atoms with Gasteiger partial charge in [0.1, 0.15) is 5.82 Å². The fourth-order valence-corrected chi connectivity index (χ4v) is 2.95. The summed E-state index contributed by atoms with van der Waals surface area (Å²) in [6, 6.07) is 2.04. The summed E-state index contributed by atoms with van der Waals surface area (Å²) in [6.45, 7) is 4.84. The number of anilines is 1. The van der Waals surface area contributed by atoms with Crippen LogP contribution < -0.4 is 11.1 Å². The van der Waals surface area contributed by atoms with Crippen LogP contribution in [0.1, 0.15) is 45.4 Å². The Kier molecular flexibility index (Phi) is 4.64. The molecular weight excluding hydrogens is 224 g/mol. The minimum Gasteiger partial charge on any atom is -0.369 e. The maximum Gasteiger partial charge on any atom is 0.147 e. The van der Waals surface area contributed by atoms with Gasteiger partial charge >= 0.3 is 0 Å². The van der Waals surface area contributed by atoms with Crippen LogP contribution in [-0.2, 0) is 6.54 Å². The van der Waals surface area contributed by atoms with Crippen molar-refractivity contribution in [2.75, 3.05) is 18.4 Å². The second-order valence-electron chi connectivity index (χ2n) is 5.50. The lowest BCUT2D eigenvalue weighted by atomic mass is 9.72. The average molecular weight is 250 g/mol. The Labute approximate surface area is 110 Å². The lowest BCUT2D eigenvalue weighted by Crippen LogP contribution is -2.34. The van der Waals surface area contributed by atoms with Gasteiger partial charge in [0.05, 0.1) is 0 Å². The van der Waals surface area contributed by atoms with Gasteiger partial charge in [-0.05, 0) is 38.1 Å². The highest BCUT2D eigenvalue weighted by Crippen LogP contribution is 2.38. The van der Waals surface area contributed by atoms with E-state index in [0.29, 0.717) is 5.41 Å². The van der Waals surface area contributed by atoms with Gasteiger partial charge in [-0.2, -0.15) is 5.10 Å². The summed E-state index contributed by atoms with van der Waals surface area (Å²) < 4.78 is 1.95. The van der Waals surface area contributed by atoms with Crippen molar-refractivity contribution in [2.24, 2.45) is 11.1 Å². The summed E-state index contributed by atoms with van der Waals surface area (Å²) in [5, 5.41) is 7.85. The van der Waals surface area contributed by atoms with Crippen LogP contribution in [0.2, 0.25) is 0 Å².